The van der Waals surface area contributed by atoms with E-state index in [2.05, 4.69) is 20.5 Å². The Hall–Kier alpha value is -2.70. The minimum absolute atomic E-state index is 0.144. The first kappa shape index (κ1) is 27.9. The van der Waals surface area contributed by atoms with Gasteiger partial charge in [-0.1, -0.05) is 6.92 Å². The van der Waals surface area contributed by atoms with Crippen molar-refractivity contribution in [3.63, 3.8) is 0 Å². The maximum absolute atomic E-state index is 13.1. The van der Waals surface area contributed by atoms with Crippen LogP contribution in [0.15, 0.2) is 41.3 Å². The van der Waals surface area contributed by atoms with E-state index in [0.29, 0.717) is 44.7 Å². The van der Waals surface area contributed by atoms with Gasteiger partial charge in [0.05, 0.1) is 10.5 Å². The number of urea groups is 1. The van der Waals surface area contributed by atoms with E-state index in [0.717, 1.165) is 35.7 Å². The van der Waals surface area contributed by atoms with Crippen LogP contribution in [0, 0.1) is 13.8 Å². The lowest BCUT2D eigenvalue weighted by molar-refractivity contribution is -0.137. The molecule has 1 saturated heterocycles. The Morgan fingerprint density at radius 1 is 1.11 bits per heavy atom. The molecular formula is C24H32F3N5O3S. The number of pyridine rings is 1. The Kier molecular flexibility index (Phi) is 8.96. The highest BCUT2D eigenvalue weighted by molar-refractivity contribution is 7.89. The summed E-state index contributed by atoms with van der Waals surface area (Å²) in [6.07, 6.45) is -3.34. The van der Waals surface area contributed by atoms with E-state index >= 15 is 0 Å². The number of likely N-dealkylation sites (tertiary alicyclic amines) is 1. The molecule has 1 aliphatic heterocycles. The molecule has 198 valence electrons. The molecule has 0 aliphatic carbocycles. The minimum atomic E-state index is -4.52. The smallest absolute Gasteiger partial charge is 0.337 e. The van der Waals surface area contributed by atoms with E-state index in [1.54, 1.807) is 19.1 Å². The summed E-state index contributed by atoms with van der Waals surface area (Å²) >= 11 is 0. The monoisotopic (exact) mass is 527 g/mol. The largest absolute Gasteiger partial charge is 0.416 e. The molecule has 1 aliphatic rings. The zero-order valence-corrected chi connectivity index (χ0v) is 21.4. The second-order valence-corrected chi connectivity index (χ2v) is 10.7. The summed E-state index contributed by atoms with van der Waals surface area (Å²) in [6, 6.07) is 6.64. The van der Waals surface area contributed by atoms with Crippen molar-refractivity contribution in [3.8, 4) is 0 Å². The SMILES string of the molecule is CCN(C1CCN(CCNC(=O)Nc2cc(C)nc(C)c2)CC1)S(=O)(=O)c1ccc(C(F)(F)F)cc1. The van der Waals surface area contributed by atoms with Crippen LogP contribution in [0.1, 0.15) is 36.7 Å². The Labute approximate surface area is 209 Å². The summed E-state index contributed by atoms with van der Waals surface area (Å²) < 4.78 is 66.1. The van der Waals surface area contributed by atoms with Crippen LogP contribution in [0.2, 0.25) is 0 Å². The third-order valence-corrected chi connectivity index (χ3v) is 8.16. The minimum Gasteiger partial charge on any atom is -0.337 e. The van der Waals surface area contributed by atoms with Crippen molar-refractivity contribution in [2.75, 3.05) is 38.0 Å². The molecule has 36 heavy (non-hydrogen) atoms. The fourth-order valence-corrected chi connectivity index (χ4v) is 6.11. The van der Waals surface area contributed by atoms with E-state index in [1.165, 1.54) is 4.31 Å². The summed E-state index contributed by atoms with van der Waals surface area (Å²) in [6.45, 7) is 8.01. The van der Waals surface area contributed by atoms with E-state index in [4.69, 9.17) is 0 Å². The maximum Gasteiger partial charge on any atom is 0.416 e. The van der Waals surface area contributed by atoms with E-state index in [1.807, 2.05) is 13.8 Å². The number of aromatic nitrogens is 1. The van der Waals surface area contributed by atoms with Gasteiger partial charge in [0, 0.05) is 42.8 Å². The third-order valence-electron chi connectivity index (χ3n) is 6.12. The van der Waals surface area contributed by atoms with Crippen molar-refractivity contribution in [2.24, 2.45) is 0 Å². The molecule has 2 aromatic rings. The van der Waals surface area contributed by atoms with Crippen molar-refractivity contribution in [2.45, 2.75) is 50.7 Å². The van der Waals surface area contributed by atoms with E-state index in [-0.39, 0.29) is 23.5 Å². The number of nitrogens with zero attached hydrogens (tertiary/aromatic N) is 3. The summed E-state index contributed by atoms with van der Waals surface area (Å²) in [5.74, 6) is 0. The van der Waals surface area contributed by atoms with Crippen molar-refractivity contribution in [1.29, 1.82) is 0 Å². The summed E-state index contributed by atoms with van der Waals surface area (Å²) in [5.41, 5.74) is 1.42. The van der Waals surface area contributed by atoms with Gasteiger partial charge in [0.15, 0.2) is 0 Å². The molecule has 3 rings (SSSR count). The van der Waals surface area contributed by atoms with Crippen LogP contribution in [-0.4, -0.2) is 67.4 Å². The van der Waals surface area contributed by atoms with Gasteiger partial charge in [-0.3, -0.25) is 4.98 Å². The fourth-order valence-electron chi connectivity index (χ4n) is 4.42. The number of anilines is 1. The third kappa shape index (κ3) is 7.17. The van der Waals surface area contributed by atoms with Crippen LogP contribution in [-0.2, 0) is 16.2 Å². The molecule has 2 heterocycles. The number of halogens is 3. The van der Waals surface area contributed by atoms with Crippen LogP contribution in [0.5, 0.6) is 0 Å². The average Bonchev–Trinajstić information content (AvgIpc) is 2.79. The molecular weight excluding hydrogens is 495 g/mol. The molecule has 0 bridgehead atoms. The predicted molar refractivity (Wildman–Crippen MR) is 131 cm³/mol. The average molecular weight is 528 g/mol. The van der Waals surface area contributed by atoms with E-state index < -0.39 is 21.8 Å². The highest BCUT2D eigenvalue weighted by Gasteiger charge is 2.34. The van der Waals surface area contributed by atoms with Gasteiger partial charge in [-0.05, 0) is 76.2 Å². The molecule has 2 amide bonds. The van der Waals surface area contributed by atoms with Gasteiger partial charge in [-0.25, -0.2) is 13.2 Å². The first-order valence-corrected chi connectivity index (χ1v) is 13.3. The maximum atomic E-state index is 13.1. The number of alkyl halides is 3. The van der Waals surface area contributed by atoms with Crippen molar-refractivity contribution in [1.82, 2.24) is 19.5 Å². The van der Waals surface area contributed by atoms with Crippen LogP contribution >= 0.6 is 0 Å². The van der Waals surface area contributed by atoms with Crippen LogP contribution < -0.4 is 10.6 Å². The van der Waals surface area contributed by atoms with Gasteiger partial charge in [0.1, 0.15) is 0 Å². The predicted octanol–water partition coefficient (Wildman–Crippen LogP) is 4.01. The zero-order valence-electron chi connectivity index (χ0n) is 20.6. The number of carbonyl (C=O) groups excluding carboxylic acids is 1. The number of piperidine rings is 1. The molecule has 12 heteroatoms. The Morgan fingerprint density at radius 3 is 2.22 bits per heavy atom. The van der Waals surface area contributed by atoms with Gasteiger partial charge in [-0.15, -0.1) is 0 Å². The number of carbonyl (C=O) groups is 1. The Morgan fingerprint density at radius 2 is 1.69 bits per heavy atom. The van der Waals surface area contributed by atoms with E-state index in [9.17, 15) is 26.4 Å². The normalized spacial score (nSPS) is 15.8. The van der Waals surface area contributed by atoms with Crippen LogP contribution in [0.4, 0.5) is 23.7 Å². The first-order chi connectivity index (χ1) is 16.9. The van der Waals surface area contributed by atoms with Gasteiger partial charge in [0.2, 0.25) is 10.0 Å². The number of aryl methyl sites for hydroxylation is 2. The molecule has 1 fully saturated rings. The highest BCUT2D eigenvalue weighted by atomic mass is 32.2. The summed E-state index contributed by atoms with van der Waals surface area (Å²) in [4.78, 5) is 18.5. The highest BCUT2D eigenvalue weighted by Crippen LogP contribution is 2.31. The van der Waals surface area contributed by atoms with Gasteiger partial charge in [0.25, 0.3) is 0 Å². The summed E-state index contributed by atoms with van der Waals surface area (Å²) in [7, 11) is -3.92. The zero-order chi connectivity index (χ0) is 26.5. The van der Waals surface area contributed by atoms with Gasteiger partial charge in [-0.2, -0.15) is 17.5 Å². The number of hydrogen-bond donors (Lipinski definition) is 2. The fraction of sp³-hybridized carbons (Fsp3) is 0.500. The lowest BCUT2D eigenvalue weighted by Crippen LogP contribution is -2.48. The number of hydrogen-bond acceptors (Lipinski definition) is 5. The molecule has 2 N–H and O–H groups in total. The van der Waals surface area contributed by atoms with Crippen molar-refractivity contribution < 1.29 is 26.4 Å². The molecule has 0 spiro atoms. The van der Waals surface area contributed by atoms with Crippen LogP contribution in [0.3, 0.4) is 0 Å². The molecule has 0 atom stereocenters. The van der Waals surface area contributed by atoms with Crippen molar-refractivity contribution in [3.05, 3.63) is 53.3 Å². The quantitative estimate of drug-likeness (QED) is 0.541. The first-order valence-electron chi connectivity index (χ1n) is 11.8. The van der Waals surface area contributed by atoms with Crippen LogP contribution in [0.25, 0.3) is 0 Å². The van der Waals surface area contributed by atoms with Gasteiger partial charge < -0.3 is 15.5 Å². The molecule has 0 unspecified atom stereocenters. The number of nitrogens with one attached hydrogen (secondary N) is 2. The molecule has 0 saturated carbocycles. The number of benzene rings is 1. The second kappa shape index (κ2) is 11.6. The van der Waals surface area contributed by atoms with Gasteiger partial charge >= 0.3 is 12.2 Å². The number of rotatable bonds is 8. The summed E-state index contributed by atoms with van der Waals surface area (Å²) in [5, 5.41) is 5.62. The molecule has 1 aromatic carbocycles. The lowest BCUT2D eigenvalue weighted by Gasteiger charge is -2.37. The number of sulfonamides is 1. The Balaban J connectivity index is 1.49. The van der Waals surface area contributed by atoms with Crippen molar-refractivity contribution >= 4 is 21.7 Å². The molecule has 8 nitrogen and oxygen atoms in total. The standard InChI is InChI=1S/C24H32F3N5O3S/c1-4-32(36(34,35)22-7-5-19(6-8-22)24(25,26)27)21-9-12-31(13-10-21)14-11-28-23(33)30-20-15-17(2)29-18(3)16-20/h5-8,15-16,21H,4,9-14H2,1-3H3,(H2,28,29,30,33). The lowest BCUT2D eigenvalue weighted by atomic mass is 10.1. The molecule has 1 aromatic heterocycles. The molecule has 0 radical (unpaired) electrons. The topological polar surface area (TPSA) is 94.6 Å². The Bertz CT molecular complexity index is 1130. The number of amides is 2. The second-order valence-electron chi connectivity index (χ2n) is 8.82.